The molecule has 0 bridgehead atoms. The van der Waals surface area contributed by atoms with E-state index in [-0.39, 0.29) is 12.5 Å². The van der Waals surface area contributed by atoms with Crippen LogP contribution >= 0.6 is 22.9 Å². The van der Waals surface area contributed by atoms with Crippen molar-refractivity contribution in [2.24, 2.45) is 0 Å². The molecule has 3 rings (SSSR count). The Balaban J connectivity index is 1.52. The van der Waals surface area contributed by atoms with Crippen LogP contribution in [0.2, 0.25) is 5.02 Å². The molecule has 2 aromatic carbocycles. The van der Waals surface area contributed by atoms with Crippen molar-refractivity contribution in [3.8, 4) is 16.9 Å². The lowest BCUT2D eigenvalue weighted by Gasteiger charge is -2.10. The summed E-state index contributed by atoms with van der Waals surface area (Å²) in [5.74, 6) is 0.670. The van der Waals surface area contributed by atoms with E-state index in [4.69, 9.17) is 16.3 Å². The zero-order valence-corrected chi connectivity index (χ0v) is 16.8. The lowest BCUT2D eigenvalue weighted by molar-refractivity contribution is -0.123. The summed E-state index contributed by atoms with van der Waals surface area (Å²) in [6, 6.07) is 15.5. The molecule has 1 N–H and O–H groups in total. The number of rotatable bonds is 7. The lowest BCUT2D eigenvalue weighted by atomic mass is 10.1. The Hall–Kier alpha value is -2.37. The summed E-state index contributed by atoms with van der Waals surface area (Å²) in [7, 11) is 0. The van der Waals surface area contributed by atoms with E-state index in [1.54, 1.807) is 17.4 Å². The molecule has 0 aliphatic carbocycles. The van der Waals surface area contributed by atoms with Crippen LogP contribution in [0, 0.1) is 0 Å². The largest absolute Gasteiger partial charge is 0.482 e. The van der Waals surface area contributed by atoms with Crippen LogP contribution in [0.15, 0.2) is 53.9 Å². The minimum absolute atomic E-state index is 0.0917. The fourth-order valence-corrected chi connectivity index (χ4v) is 3.55. The molecule has 0 aliphatic rings. The van der Waals surface area contributed by atoms with Crippen LogP contribution in [-0.2, 0) is 11.3 Å². The standard InChI is InChI=1S/C21H21ClN2O2S/c1-14(2)21-24-17(13-27-21)11-23-20(25)12-26-19-9-8-16(10-18(19)22)15-6-4-3-5-7-15/h3-10,13-14H,11-12H2,1-2H3,(H,23,25). The number of carbonyl (C=O) groups excluding carboxylic acids is 1. The summed E-state index contributed by atoms with van der Waals surface area (Å²) in [5, 5.41) is 6.33. The second kappa shape index (κ2) is 9.02. The van der Waals surface area contributed by atoms with Crippen LogP contribution in [0.25, 0.3) is 11.1 Å². The third-order valence-electron chi connectivity index (χ3n) is 3.93. The molecular weight excluding hydrogens is 380 g/mol. The third kappa shape index (κ3) is 5.31. The van der Waals surface area contributed by atoms with Gasteiger partial charge in [-0.05, 0) is 23.3 Å². The van der Waals surface area contributed by atoms with Crippen LogP contribution in [0.3, 0.4) is 0 Å². The van der Waals surface area contributed by atoms with E-state index in [9.17, 15) is 4.79 Å². The zero-order chi connectivity index (χ0) is 19.2. The first-order valence-electron chi connectivity index (χ1n) is 8.71. The van der Waals surface area contributed by atoms with E-state index < -0.39 is 0 Å². The molecule has 0 saturated carbocycles. The Labute approximate surface area is 168 Å². The number of carbonyl (C=O) groups is 1. The molecule has 1 aromatic heterocycles. The van der Waals surface area contributed by atoms with Crippen molar-refractivity contribution in [3.63, 3.8) is 0 Å². The summed E-state index contributed by atoms with van der Waals surface area (Å²) >= 11 is 7.91. The number of thiazole rings is 1. The van der Waals surface area contributed by atoms with Crippen LogP contribution in [-0.4, -0.2) is 17.5 Å². The van der Waals surface area contributed by atoms with E-state index in [1.165, 1.54) is 0 Å². The summed E-state index contributed by atoms with van der Waals surface area (Å²) in [4.78, 5) is 16.5. The molecular formula is C21H21ClN2O2S. The van der Waals surface area contributed by atoms with Crippen LogP contribution in [0.5, 0.6) is 5.75 Å². The van der Waals surface area contributed by atoms with Gasteiger partial charge in [-0.25, -0.2) is 4.98 Å². The highest BCUT2D eigenvalue weighted by molar-refractivity contribution is 7.09. The third-order valence-corrected chi connectivity index (χ3v) is 5.42. The maximum atomic E-state index is 12.0. The van der Waals surface area contributed by atoms with Gasteiger partial charge in [0.05, 0.1) is 22.3 Å². The average molecular weight is 401 g/mol. The molecule has 4 nitrogen and oxygen atoms in total. The molecule has 0 saturated heterocycles. The summed E-state index contributed by atoms with van der Waals surface area (Å²) < 4.78 is 5.56. The fraction of sp³-hybridized carbons (Fsp3) is 0.238. The fourth-order valence-electron chi connectivity index (χ4n) is 2.48. The monoisotopic (exact) mass is 400 g/mol. The molecule has 0 aliphatic heterocycles. The number of hydrogen-bond acceptors (Lipinski definition) is 4. The molecule has 27 heavy (non-hydrogen) atoms. The number of nitrogens with zero attached hydrogens (tertiary/aromatic N) is 1. The first-order valence-corrected chi connectivity index (χ1v) is 9.97. The average Bonchev–Trinajstić information content (AvgIpc) is 3.15. The predicted octanol–water partition coefficient (Wildman–Crippen LogP) is 5.28. The quantitative estimate of drug-likeness (QED) is 0.586. The van der Waals surface area contributed by atoms with Crippen molar-refractivity contribution in [1.29, 1.82) is 0 Å². The van der Waals surface area contributed by atoms with Gasteiger partial charge in [0.2, 0.25) is 0 Å². The SMILES string of the molecule is CC(C)c1nc(CNC(=O)COc2ccc(-c3ccccc3)cc2Cl)cs1. The van der Waals surface area contributed by atoms with Crippen molar-refractivity contribution >= 4 is 28.8 Å². The second-order valence-corrected chi connectivity index (χ2v) is 7.71. The number of nitrogens with one attached hydrogen (secondary N) is 1. The molecule has 140 valence electrons. The minimum Gasteiger partial charge on any atom is -0.482 e. The molecule has 0 radical (unpaired) electrons. The smallest absolute Gasteiger partial charge is 0.258 e. The molecule has 1 heterocycles. The Morgan fingerprint density at radius 1 is 1.19 bits per heavy atom. The van der Waals surface area contributed by atoms with Gasteiger partial charge in [0.15, 0.2) is 6.61 Å². The molecule has 0 atom stereocenters. The number of ether oxygens (including phenoxy) is 1. The Kier molecular flexibility index (Phi) is 6.48. The van der Waals surface area contributed by atoms with Crippen LogP contribution in [0.4, 0.5) is 0 Å². The minimum atomic E-state index is -0.211. The van der Waals surface area contributed by atoms with E-state index in [2.05, 4.69) is 24.1 Å². The predicted molar refractivity (Wildman–Crippen MR) is 110 cm³/mol. The highest BCUT2D eigenvalue weighted by atomic mass is 35.5. The first kappa shape index (κ1) is 19.4. The Morgan fingerprint density at radius 3 is 2.63 bits per heavy atom. The van der Waals surface area contributed by atoms with Gasteiger partial charge in [0.25, 0.3) is 5.91 Å². The summed E-state index contributed by atoms with van der Waals surface area (Å²) in [6.45, 7) is 4.50. The molecule has 0 spiro atoms. The number of halogens is 1. The van der Waals surface area contributed by atoms with E-state index in [0.717, 1.165) is 21.8 Å². The van der Waals surface area contributed by atoms with Gasteiger partial charge >= 0.3 is 0 Å². The maximum Gasteiger partial charge on any atom is 0.258 e. The summed E-state index contributed by atoms with van der Waals surface area (Å²) in [5.41, 5.74) is 2.94. The van der Waals surface area contributed by atoms with Crippen molar-refractivity contribution < 1.29 is 9.53 Å². The highest BCUT2D eigenvalue weighted by Crippen LogP contribution is 2.30. The van der Waals surface area contributed by atoms with Crippen LogP contribution < -0.4 is 10.1 Å². The van der Waals surface area contributed by atoms with Crippen molar-refractivity contribution in [2.45, 2.75) is 26.3 Å². The number of amides is 1. The molecule has 6 heteroatoms. The Bertz CT molecular complexity index is 910. The number of hydrogen-bond donors (Lipinski definition) is 1. The lowest BCUT2D eigenvalue weighted by Crippen LogP contribution is -2.28. The molecule has 1 amide bonds. The van der Waals surface area contributed by atoms with E-state index >= 15 is 0 Å². The van der Waals surface area contributed by atoms with Gasteiger partial charge in [-0.1, -0.05) is 61.8 Å². The van der Waals surface area contributed by atoms with Gasteiger partial charge in [-0.15, -0.1) is 11.3 Å². The van der Waals surface area contributed by atoms with Gasteiger partial charge < -0.3 is 10.1 Å². The molecule has 3 aromatic rings. The van der Waals surface area contributed by atoms with Crippen molar-refractivity contribution in [2.75, 3.05) is 6.61 Å². The summed E-state index contributed by atoms with van der Waals surface area (Å²) in [6.07, 6.45) is 0. The van der Waals surface area contributed by atoms with E-state index in [1.807, 2.05) is 47.8 Å². The van der Waals surface area contributed by atoms with Gasteiger partial charge in [0.1, 0.15) is 5.75 Å². The Morgan fingerprint density at radius 2 is 1.96 bits per heavy atom. The maximum absolute atomic E-state index is 12.0. The molecule has 0 unspecified atom stereocenters. The van der Waals surface area contributed by atoms with Crippen molar-refractivity contribution in [3.05, 3.63) is 69.6 Å². The number of aromatic nitrogens is 1. The van der Waals surface area contributed by atoms with Gasteiger partial charge in [0, 0.05) is 11.3 Å². The van der Waals surface area contributed by atoms with E-state index in [0.29, 0.717) is 23.2 Å². The normalized spacial score (nSPS) is 10.8. The van der Waals surface area contributed by atoms with Crippen LogP contribution in [0.1, 0.15) is 30.5 Å². The highest BCUT2D eigenvalue weighted by Gasteiger charge is 2.10. The molecule has 0 fully saturated rings. The van der Waals surface area contributed by atoms with Crippen molar-refractivity contribution in [1.82, 2.24) is 10.3 Å². The number of benzene rings is 2. The second-order valence-electron chi connectivity index (χ2n) is 6.41. The van der Waals surface area contributed by atoms with Gasteiger partial charge in [-0.2, -0.15) is 0 Å². The first-order chi connectivity index (χ1) is 13.0. The zero-order valence-electron chi connectivity index (χ0n) is 15.2. The van der Waals surface area contributed by atoms with Gasteiger partial charge in [-0.3, -0.25) is 4.79 Å². The topological polar surface area (TPSA) is 51.2 Å².